The molecule has 1 amide bonds. The van der Waals surface area contributed by atoms with E-state index in [0.717, 1.165) is 5.56 Å². The molecule has 0 saturated carbocycles. The minimum atomic E-state index is -0.931. The highest BCUT2D eigenvalue weighted by Gasteiger charge is 2.33. The van der Waals surface area contributed by atoms with Crippen molar-refractivity contribution in [2.45, 2.75) is 6.42 Å². The normalized spacial score (nSPS) is 17.3. The van der Waals surface area contributed by atoms with Gasteiger partial charge in [-0.05, 0) is 18.1 Å². The minimum absolute atomic E-state index is 0.00616. The second kappa shape index (κ2) is 4.89. The molecule has 0 bridgehead atoms. The number of amides is 1. The number of benzene rings is 1. The van der Waals surface area contributed by atoms with Crippen LogP contribution in [-0.2, 0) is 11.2 Å². The summed E-state index contributed by atoms with van der Waals surface area (Å²) in [6.07, 6.45) is 0.397. The number of nitrogens with zero attached hydrogens (tertiary/aromatic N) is 3. The van der Waals surface area contributed by atoms with E-state index in [2.05, 4.69) is 15.2 Å². The molecule has 8 heteroatoms. The van der Waals surface area contributed by atoms with Gasteiger partial charge in [-0.1, -0.05) is 18.2 Å². The topological polar surface area (TPSA) is 125 Å². The number of nitrogen functional groups attached to an aromatic ring is 1. The highest BCUT2D eigenvalue weighted by molar-refractivity contribution is 6.05. The molecule has 8 nitrogen and oxygen atoms in total. The van der Waals surface area contributed by atoms with Crippen molar-refractivity contribution in [3.8, 4) is 0 Å². The largest absolute Gasteiger partial charge is 0.481 e. The van der Waals surface area contributed by atoms with E-state index >= 15 is 0 Å². The van der Waals surface area contributed by atoms with E-state index in [0.29, 0.717) is 12.1 Å². The van der Waals surface area contributed by atoms with Gasteiger partial charge in [0.25, 0.3) is 5.91 Å². The third-order valence-corrected chi connectivity index (χ3v) is 3.45. The van der Waals surface area contributed by atoms with Crippen molar-refractivity contribution < 1.29 is 14.7 Å². The van der Waals surface area contributed by atoms with E-state index in [9.17, 15) is 14.7 Å². The van der Waals surface area contributed by atoms with E-state index in [1.807, 2.05) is 12.1 Å². The number of H-pyrrole nitrogens is 1. The third-order valence-electron chi connectivity index (χ3n) is 3.45. The van der Waals surface area contributed by atoms with Crippen LogP contribution >= 0.6 is 0 Å². The molecule has 108 valence electrons. The van der Waals surface area contributed by atoms with Crippen LogP contribution in [0.1, 0.15) is 16.2 Å². The molecule has 1 aromatic carbocycles. The number of aromatic nitrogens is 3. The van der Waals surface area contributed by atoms with Crippen molar-refractivity contribution in [2.75, 3.05) is 17.2 Å². The van der Waals surface area contributed by atoms with Crippen LogP contribution in [-0.4, -0.2) is 38.7 Å². The van der Waals surface area contributed by atoms with Crippen molar-refractivity contribution in [1.29, 1.82) is 0 Å². The molecule has 0 spiro atoms. The molecule has 2 heterocycles. The van der Waals surface area contributed by atoms with Crippen molar-refractivity contribution >= 4 is 23.5 Å². The summed E-state index contributed by atoms with van der Waals surface area (Å²) >= 11 is 0. The van der Waals surface area contributed by atoms with Crippen LogP contribution < -0.4 is 10.6 Å². The first kappa shape index (κ1) is 13.1. The van der Waals surface area contributed by atoms with Crippen LogP contribution in [0.4, 0.5) is 11.6 Å². The van der Waals surface area contributed by atoms with Crippen LogP contribution in [0.3, 0.4) is 0 Å². The number of aliphatic carboxylic acids is 1. The zero-order valence-corrected chi connectivity index (χ0v) is 11.0. The molecule has 1 aliphatic heterocycles. The summed E-state index contributed by atoms with van der Waals surface area (Å²) in [7, 11) is 0. The Labute approximate surface area is 119 Å². The summed E-state index contributed by atoms with van der Waals surface area (Å²) in [5, 5.41) is 15.3. The van der Waals surface area contributed by atoms with Crippen LogP contribution in [0.25, 0.3) is 0 Å². The number of aromatic amines is 1. The van der Waals surface area contributed by atoms with E-state index in [-0.39, 0.29) is 18.3 Å². The first-order chi connectivity index (χ1) is 10.1. The van der Waals surface area contributed by atoms with Gasteiger partial charge in [0.15, 0.2) is 0 Å². The first-order valence-corrected chi connectivity index (χ1v) is 6.36. The van der Waals surface area contributed by atoms with Gasteiger partial charge in [0.1, 0.15) is 0 Å². The summed E-state index contributed by atoms with van der Waals surface area (Å²) in [6, 6.07) is 7.22. The lowest BCUT2D eigenvalue weighted by Gasteiger charge is -2.32. The minimum Gasteiger partial charge on any atom is -0.481 e. The number of hydrogen-bond acceptors (Lipinski definition) is 5. The highest BCUT2D eigenvalue weighted by Crippen LogP contribution is 2.30. The fourth-order valence-corrected chi connectivity index (χ4v) is 2.45. The molecule has 0 radical (unpaired) electrons. The number of nitrogens with two attached hydrogens (primary N) is 1. The molecule has 21 heavy (non-hydrogen) atoms. The van der Waals surface area contributed by atoms with Crippen molar-refractivity contribution in [1.82, 2.24) is 15.2 Å². The molecular formula is C13H13N5O3. The van der Waals surface area contributed by atoms with Gasteiger partial charge < -0.3 is 15.7 Å². The maximum Gasteiger partial charge on any atom is 0.308 e. The Kier molecular flexibility index (Phi) is 3.05. The number of nitrogens with one attached hydrogen (secondary N) is 1. The van der Waals surface area contributed by atoms with Gasteiger partial charge in [-0.25, -0.2) is 0 Å². The molecule has 2 aromatic rings. The molecule has 0 saturated heterocycles. The monoisotopic (exact) mass is 287 g/mol. The molecule has 0 aliphatic carbocycles. The highest BCUT2D eigenvalue weighted by atomic mass is 16.4. The Morgan fingerprint density at radius 1 is 1.38 bits per heavy atom. The molecule has 4 N–H and O–H groups in total. The Bertz CT molecular complexity index is 711. The number of hydrogen-bond donors (Lipinski definition) is 3. The summed E-state index contributed by atoms with van der Waals surface area (Å²) in [5.74, 6) is -2.06. The standard InChI is InChI=1S/C13H13N5O3/c14-13-15-10(16-17-13)11(19)18-6-8(12(20)21)5-7-3-1-2-4-9(7)18/h1-4,8H,5-6H2,(H,20,21)(H3,14,15,16,17). The fraction of sp³-hybridized carbons (Fsp3) is 0.231. The van der Waals surface area contributed by atoms with Gasteiger partial charge in [-0.3, -0.25) is 14.7 Å². The lowest BCUT2D eigenvalue weighted by atomic mass is 9.92. The van der Waals surface area contributed by atoms with Crippen LogP contribution in [0.15, 0.2) is 24.3 Å². The van der Waals surface area contributed by atoms with Gasteiger partial charge in [0, 0.05) is 12.2 Å². The number of anilines is 2. The average Bonchev–Trinajstić information content (AvgIpc) is 2.92. The molecule has 3 rings (SSSR count). The second-order valence-corrected chi connectivity index (χ2v) is 4.83. The van der Waals surface area contributed by atoms with E-state index < -0.39 is 17.8 Å². The molecule has 0 fully saturated rings. The number of carbonyl (C=O) groups excluding carboxylic acids is 1. The fourth-order valence-electron chi connectivity index (χ4n) is 2.45. The van der Waals surface area contributed by atoms with Crippen LogP contribution in [0.5, 0.6) is 0 Å². The maximum atomic E-state index is 12.5. The smallest absolute Gasteiger partial charge is 0.308 e. The summed E-state index contributed by atoms with van der Waals surface area (Å²) in [5.41, 5.74) is 6.90. The van der Waals surface area contributed by atoms with Crippen LogP contribution in [0, 0.1) is 5.92 Å². The number of carbonyl (C=O) groups is 2. The van der Waals surface area contributed by atoms with Crippen molar-refractivity contribution in [3.05, 3.63) is 35.7 Å². The van der Waals surface area contributed by atoms with Crippen molar-refractivity contribution in [3.63, 3.8) is 0 Å². The molecule has 1 aromatic heterocycles. The number of fused-ring (bicyclic) bond motifs is 1. The molecule has 1 unspecified atom stereocenters. The zero-order chi connectivity index (χ0) is 15.0. The average molecular weight is 287 g/mol. The van der Waals surface area contributed by atoms with E-state index in [1.165, 1.54) is 4.90 Å². The van der Waals surface area contributed by atoms with Gasteiger partial charge in [0.2, 0.25) is 11.8 Å². The first-order valence-electron chi connectivity index (χ1n) is 6.36. The summed E-state index contributed by atoms with van der Waals surface area (Å²) < 4.78 is 0. The Morgan fingerprint density at radius 2 is 2.14 bits per heavy atom. The number of carboxylic acids is 1. The molecule has 1 aliphatic rings. The van der Waals surface area contributed by atoms with E-state index in [1.54, 1.807) is 12.1 Å². The predicted octanol–water partition coefficient (Wildman–Crippen LogP) is 0.291. The van der Waals surface area contributed by atoms with Gasteiger partial charge in [0.05, 0.1) is 5.92 Å². The van der Waals surface area contributed by atoms with Gasteiger partial charge in [-0.2, -0.15) is 4.98 Å². The number of para-hydroxylation sites is 1. The maximum absolute atomic E-state index is 12.5. The summed E-state index contributed by atoms with van der Waals surface area (Å²) in [4.78, 5) is 29.0. The second-order valence-electron chi connectivity index (χ2n) is 4.83. The number of carboxylic acid groups (broad SMARTS) is 1. The van der Waals surface area contributed by atoms with Gasteiger partial charge >= 0.3 is 5.97 Å². The molecule has 1 atom stereocenters. The lowest BCUT2D eigenvalue weighted by Crippen LogP contribution is -2.43. The van der Waals surface area contributed by atoms with Crippen molar-refractivity contribution in [2.24, 2.45) is 5.92 Å². The lowest BCUT2D eigenvalue weighted by molar-refractivity contribution is -0.141. The Hall–Kier alpha value is -2.90. The molecular weight excluding hydrogens is 274 g/mol. The number of rotatable bonds is 2. The summed E-state index contributed by atoms with van der Waals surface area (Å²) in [6.45, 7) is 0.0891. The predicted molar refractivity (Wildman–Crippen MR) is 73.7 cm³/mol. The van der Waals surface area contributed by atoms with Gasteiger partial charge in [-0.15, -0.1) is 5.10 Å². The SMILES string of the molecule is Nc1n[nH]c(C(=O)N2CC(C(=O)O)Cc3ccccc32)n1. The quantitative estimate of drug-likeness (QED) is 0.729. The Balaban J connectivity index is 2.00. The Morgan fingerprint density at radius 3 is 2.81 bits per heavy atom. The zero-order valence-electron chi connectivity index (χ0n) is 11.0. The van der Waals surface area contributed by atoms with E-state index in [4.69, 9.17) is 5.73 Å². The van der Waals surface area contributed by atoms with Crippen LogP contribution in [0.2, 0.25) is 0 Å². The third kappa shape index (κ3) is 2.31.